The molecule has 8 nitrogen and oxygen atoms in total. The number of benzene rings is 1. The molecule has 1 aromatic carbocycles. The summed E-state index contributed by atoms with van der Waals surface area (Å²) in [5.41, 5.74) is 2.87. The first-order valence-corrected chi connectivity index (χ1v) is 10.2. The zero-order chi connectivity index (χ0) is 22.4. The van der Waals surface area contributed by atoms with Crippen molar-refractivity contribution in [1.82, 2.24) is 24.7 Å². The summed E-state index contributed by atoms with van der Waals surface area (Å²) in [5.74, 6) is 0.749. The van der Waals surface area contributed by atoms with Crippen molar-refractivity contribution in [3.63, 3.8) is 0 Å². The molecule has 0 radical (unpaired) electrons. The molecule has 0 aliphatic carbocycles. The Balaban J connectivity index is 1.81. The fourth-order valence-corrected chi connectivity index (χ4v) is 3.53. The van der Waals surface area contributed by atoms with Gasteiger partial charge >= 0.3 is 0 Å². The van der Waals surface area contributed by atoms with Gasteiger partial charge in [-0.3, -0.25) is 9.59 Å². The van der Waals surface area contributed by atoms with Gasteiger partial charge in [-0.05, 0) is 32.0 Å². The van der Waals surface area contributed by atoms with Crippen molar-refractivity contribution in [3.8, 4) is 0 Å². The van der Waals surface area contributed by atoms with Crippen LogP contribution < -0.4 is 0 Å². The Bertz CT molecular complexity index is 969. The highest BCUT2D eigenvalue weighted by Crippen LogP contribution is 2.18. The second-order valence-electron chi connectivity index (χ2n) is 7.75. The molecule has 1 atom stereocenters. The van der Waals surface area contributed by atoms with E-state index >= 15 is 0 Å². The topological polar surface area (TPSA) is 82.0 Å². The average Bonchev–Trinajstić information content (AvgIpc) is 2.77. The molecule has 1 aliphatic rings. The minimum absolute atomic E-state index is 0.0392. The van der Waals surface area contributed by atoms with Crippen LogP contribution in [0.1, 0.15) is 28.5 Å². The van der Waals surface area contributed by atoms with Crippen LogP contribution in [0, 0.1) is 6.92 Å². The van der Waals surface area contributed by atoms with Crippen molar-refractivity contribution in [2.45, 2.75) is 19.9 Å². The lowest BCUT2D eigenvalue weighted by Crippen LogP contribution is -2.57. The van der Waals surface area contributed by atoms with Crippen molar-refractivity contribution < 1.29 is 9.59 Å². The molecule has 2 heterocycles. The van der Waals surface area contributed by atoms with Crippen LogP contribution in [0.2, 0.25) is 0 Å². The maximum atomic E-state index is 12.9. The first-order chi connectivity index (χ1) is 14.9. The van der Waals surface area contributed by atoms with Gasteiger partial charge in [-0.1, -0.05) is 17.7 Å². The van der Waals surface area contributed by atoms with E-state index in [0.29, 0.717) is 48.8 Å². The van der Waals surface area contributed by atoms with Gasteiger partial charge in [-0.25, -0.2) is 15.0 Å². The lowest BCUT2D eigenvalue weighted by atomic mass is 10.1. The summed E-state index contributed by atoms with van der Waals surface area (Å²) in [4.78, 5) is 42.9. The summed E-state index contributed by atoms with van der Waals surface area (Å²) in [6, 6.07) is 9.43. The number of amides is 1. The molecule has 0 spiro atoms. The Morgan fingerprint density at radius 2 is 1.94 bits per heavy atom. The number of aryl methyl sites for hydroxylation is 1. The molecule has 3 rings (SSSR count). The fraction of sp³-hybridized carbons (Fsp3) is 0.348. The van der Waals surface area contributed by atoms with Gasteiger partial charge < -0.3 is 14.7 Å². The van der Waals surface area contributed by atoms with E-state index in [0.717, 1.165) is 5.56 Å². The Kier molecular flexibility index (Phi) is 7.12. The zero-order valence-corrected chi connectivity index (χ0v) is 18.4. The van der Waals surface area contributed by atoms with Crippen LogP contribution in [-0.2, 0) is 4.79 Å². The van der Waals surface area contributed by atoms with Gasteiger partial charge in [-0.15, -0.1) is 0 Å². The van der Waals surface area contributed by atoms with Crippen LogP contribution in [0.4, 0.5) is 0 Å². The van der Waals surface area contributed by atoms with E-state index in [1.165, 1.54) is 12.4 Å². The third kappa shape index (κ3) is 5.33. The van der Waals surface area contributed by atoms with Crippen molar-refractivity contribution in [1.29, 1.82) is 0 Å². The van der Waals surface area contributed by atoms with Crippen molar-refractivity contribution >= 4 is 23.8 Å². The van der Waals surface area contributed by atoms with Gasteiger partial charge in [0.25, 0.3) is 5.91 Å². The maximum absolute atomic E-state index is 12.9. The summed E-state index contributed by atoms with van der Waals surface area (Å²) in [6.07, 6.45) is 5.14. The Morgan fingerprint density at radius 3 is 2.52 bits per heavy atom. The van der Waals surface area contributed by atoms with E-state index in [1.54, 1.807) is 12.3 Å². The number of allylic oxidation sites excluding steroid dienone is 1. The summed E-state index contributed by atoms with van der Waals surface area (Å²) in [5, 5.41) is 0. The van der Waals surface area contributed by atoms with Gasteiger partial charge in [-0.2, -0.15) is 0 Å². The number of hydrogen-bond acceptors (Lipinski definition) is 5. The number of aromatic nitrogens is 2. The molecule has 0 saturated carbocycles. The zero-order valence-electron chi connectivity index (χ0n) is 18.4. The summed E-state index contributed by atoms with van der Waals surface area (Å²) in [7, 11) is 3.82. The van der Waals surface area contributed by atoms with Crippen molar-refractivity contribution in [3.05, 3.63) is 65.8 Å². The summed E-state index contributed by atoms with van der Waals surface area (Å²) < 4.78 is 0. The lowest BCUT2D eigenvalue weighted by Gasteiger charge is -2.43. The standard InChI is InChI=1S/C23H28N6O2/c1-17-5-7-19(8-6-17)22(31)28-12-13-29(18(2)15-28)23(27(3)4)26-21(10-14-30)20-9-11-24-16-25-20/h5-11,14,16,18H,12-13,15H2,1-4H3/b21-10-,26-23?. The van der Waals surface area contributed by atoms with Crippen LogP contribution in [-0.4, -0.2) is 82.6 Å². The number of guanidine groups is 1. The number of nitrogens with zero attached hydrogens (tertiary/aromatic N) is 6. The molecule has 8 heteroatoms. The highest BCUT2D eigenvalue weighted by atomic mass is 16.2. The first kappa shape index (κ1) is 22.1. The van der Waals surface area contributed by atoms with E-state index in [9.17, 15) is 9.59 Å². The predicted octanol–water partition coefficient (Wildman–Crippen LogP) is 2.09. The minimum Gasteiger partial charge on any atom is -0.349 e. The normalized spacial score (nSPS) is 17.5. The summed E-state index contributed by atoms with van der Waals surface area (Å²) >= 11 is 0. The van der Waals surface area contributed by atoms with Gasteiger partial charge in [0, 0.05) is 57.6 Å². The quantitative estimate of drug-likeness (QED) is 0.326. The van der Waals surface area contributed by atoms with Gasteiger partial charge in [0.15, 0.2) is 0 Å². The van der Waals surface area contributed by atoms with E-state index in [2.05, 4.69) is 21.8 Å². The minimum atomic E-state index is 0.0392. The molecule has 1 unspecified atom stereocenters. The fourth-order valence-electron chi connectivity index (χ4n) is 3.53. The smallest absolute Gasteiger partial charge is 0.253 e. The molecule has 2 aromatic rings. The lowest BCUT2D eigenvalue weighted by molar-refractivity contribution is -0.104. The molecule has 1 saturated heterocycles. The highest BCUT2D eigenvalue weighted by molar-refractivity contribution is 5.95. The molecule has 0 bridgehead atoms. The molecule has 1 aliphatic heterocycles. The van der Waals surface area contributed by atoms with E-state index < -0.39 is 0 Å². The summed E-state index contributed by atoms with van der Waals surface area (Å²) in [6.45, 7) is 5.88. The molecule has 1 amide bonds. The molecule has 1 aromatic heterocycles. The molecular formula is C23H28N6O2. The third-order valence-electron chi connectivity index (χ3n) is 5.16. The Morgan fingerprint density at radius 1 is 1.19 bits per heavy atom. The van der Waals surface area contributed by atoms with Crippen LogP contribution in [0.25, 0.3) is 5.70 Å². The van der Waals surface area contributed by atoms with Crippen LogP contribution in [0.5, 0.6) is 0 Å². The largest absolute Gasteiger partial charge is 0.349 e. The molecule has 31 heavy (non-hydrogen) atoms. The number of aldehydes is 1. The number of carbonyl (C=O) groups is 2. The predicted molar refractivity (Wildman–Crippen MR) is 120 cm³/mol. The highest BCUT2D eigenvalue weighted by Gasteiger charge is 2.30. The van der Waals surface area contributed by atoms with Crippen LogP contribution >= 0.6 is 0 Å². The number of hydrogen-bond donors (Lipinski definition) is 0. The first-order valence-electron chi connectivity index (χ1n) is 10.2. The maximum Gasteiger partial charge on any atom is 0.253 e. The molecule has 0 N–H and O–H groups in total. The van der Waals surface area contributed by atoms with Gasteiger partial charge in [0.2, 0.25) is 5.96 Å². The number of carbonyl (C=O) groups excluding carboxylic acids is 2. The number of rotatable bonds is 4. The average molecular weight is 421 g/mol. The van der Waals surface area contributed by atoms with E-state index in [1.807, 2.05) is 55.1 Å². The van der Waals surface area contributed by atoms with E-state index in [4.69, 9.17) is 4.99 Å². The van der Waals surface area contributed by atoms with Crippen LogP contribution in [0.3, 0.4) is 0 Å². The Hall–Kier alpha value is -3.55. The molecule has 162 valence electrons. The van der Waals surface area contributed by atoms with Crippen LogP contribution in [0.15, 0.2) is 53.9 Å². The number of aliphatic imine (C=N–C) groups is 1. The SMILES string of the molecule is Cc1ccc(C(=O)N2CCN(C(=N/C(=C\C=O)c3ccncn3)N(C)C)C(C)C2)cc1. The number of piperazine rings is 1. The van der Waals surface area contributed by atoms with Crippen molar-refractivity contribution in [2.75, 3.05) is 33.7 Å². The van der Waals surface area contributed by atoms with E-state index in [-0.39, 0.29) is 11.9 Å². The third-order valence-corrected chi connectivity index (χ3v) is 5.16. The van der Waals surface area contributed by atoms with Gasteiger partial charge in [0.1, 0.15) is 12.6 Å². The monoisotopic (exact) mass is 420 g/mol. The molecule has 1 fully saturated rings. The van der Waals surface area contributed by atoms with Gasteiger partial charge in [0.05, 0.1) is 11.4 Å². The second kappa shape index (κ2) is 9.97. The molecular weight excluding hydrogens is 392 g/mol. The Labute approximate surface area is 182 Å². The second-order valence-corrected chi connectivity index (χ2v) is 7.75. The van der Waals surface area contributed by atoms with Crippen molar-refractivity contribution in [2.24, 2.45) is 4.99 Å².